The molecule has 0 bridgehead atoms. The molecular weight excluding hydrogens is 355 g/mol. The van der Waals surface area contributed by atoms with E-state index in [-0.39, 0.29) is 0 Å². The van der Waals surface area contributed by atoms with Crippen LogP contribution in [0.3, 0.4) is 0 Å². The number of H-pyrrole nitrogens is 1. The van der Waals surface area contributed by atoms with E-state index < -0.39 is 0 Å². The summed E-state index contributed by atoms with van der Waals surface area (Å²) in [5, 5.41) is 2.23. The van der Waals surface area contributed by atoms with Gasteiger partial charge < -0.3 is 9.88 Å². The average molecular weight is 377 g/mol. The molecule has 4 nitrogen and oxygen atoms in total. The van der Waals surface area contributed by atoms with Crippen LogP contribution in [0.2, 0.25) is 0 Å². The summed E-state index contributed by atoms with van der Waals surface area (Å²) >= 11 is 12.2. The van der Waals surface area contributed by atoms with Gasteiger partial charge >= 0.3 is 0 Å². The lowest BCUT2D eigenvalue weighted by Crippen LogP contribution is -2.34. The summed E-state index contributed by atoms with van der Waals surface area (Å²) < 4.78 is 0. The first-order valence-corrected chi connectivity index (χ1v) is 9.24. The van der Waals surface area contributed by atoms with E-state index in [1.54, 1.807) is 12.4 Å². The van der Waals surface area contributed by atoms with E-state index in [0.717, 1.165) is 54.8 Å². The smallest absolute Gasteiger partial charge is 0.142 e. The van der Waals surface area contributed by atoms with Crippen molar-refractivity contribution in [3.8, 4) is 0 Å². The van der Waals surface area contributed by atoms with Crippen LogP contribution in [0.5, 0.6) is 0 Å². The van der Waals surface area contributed by atoms with Crippen LogP contribution in [0, 0.1) is 5.92 Å². The molecule has 0 amide bonds. The monoisotopic (exact) mass is 376 g/mol. The van der Waals surface area contributed by atoms with E-state index in [2.05, 4.69) is 32.5 Å². The fourth-order valence-corrected chi connectivity index (χ4v) is 3.84. The molecule has 0 spiro atoms. The molecule has 3 heterocycles. The summed E-state index contributed by atoms with van der Waals surface area (Å²) in [6.45, 7) is 7.67. The molecule has 1 aliphatic heterocycles. The van der Waals surface area contributed by atoms with Gasteiger partial charge in [0.25, 0.3) is 0 Å². The number of piperidine rings is 1. The predicted molar refractivity (Wildman–Crippen MR) is 106 cm³/mol. The summed E-state index contributed by atoms with van der Waals surface area (Å²) in [6, 6.07) is 2.04. The van der Waals surface area contributed by atoms with Gasteiger partial charge in [0.1, 0.15) is 17.8 Å². The number of fused-ring (bicyclic) bond motifs is 1. The van der Waals surface area contributed by atoms with Gasteiger partial charge in [0.2, 0.25) is 0 Å². The first-order chi connectivity index (χ1) is 12.1. The number of nitrogens with zero attached hydrogens (tertiary/aromatic N) is 3. The minimum absolute atomic E-state index is 0.457. The zero-order chi connectivity index (χ0) is 17.8. The highest BCUT2D eigenvalue weighted by molar-refractivity contribution is 6.35. The molecule has 0 unspecified atom stereocenters. The van der Waals surface area contributed by atoms with Crippen LogP contribution in [0.15, 0.2) is 53.0 Å². The van der Waals surface area contributed by atoms with Crippen molar-refractivity contribution in [2.75, 3.05) is 18.0 Å². The van der Waals surface area contributed by atoms with Crippen LogP contribution in [0.25, 0.3) is 11.0 Å². The van der Waals surface area contributed by atoms with Gasteiger partial charge in [-0.05, 0) is 49.8 Å². The summed E-state index contributed by atoms with van der Waals surface area (Å²) in [6.07, 6.45) is 10.5. The van der Waals surface area contributed by atoms with E-state index in [1.165, 1.54) is 0 Å². The quantitative estimate of drug-likeness (QED) is 0.711. The lowest BCUT2D eigenvalue weighted by atomic mass is 9.89. The maximum atomic E-state index is 6.36. The number of nitrogens with one attached hydrogen (secondary N) is 1. The Morgan fingerprint density at radius 3 is 2.80 bits per heavy atom. The van der Waals surface area contributed by atoms with Crippen molar-refractivity contribution < 1.29 is 0 Å². The average Bonchev–Trinajstić information content (AvgIpc) is 3.08. The van der Waals surface area contributed by atoms with Crippen LogP contribution < -0.4 is 4.90 Å². The van der Waals surface area contributed by atoms with E-state index in [4.69, 9.17) is 23.2 Å². The molecule has 0 atom stereocenters. The van der Waals surface area contributed by atoms with Gasteiger partial charge in [-0.1, -0.05) is 35.9 Å². The molecule has 6 heteroatoms. The van der Waals surface area contributed by atoms with E-state index in [1.807, 2.05) is 19.2 Å². The Morgan fingerprint density at radius 2 is 2.12 bits per heavy atom. The Labute approximate surface area is 158 Å². The first kappa shape index (κ1) is 18.0. The second-order valence-electron chi connectivity index (χ2n) is 6.32. The molecule has 1 N–H and O–H groups in total. The molecule has 1 aliphatic rings. The molecule has 0 aliphatic carbocycles. The number of aromatic nitrogens is 3. The van der Waals surface area contributed by atoms with Crippen LogP contribution >= 0.6 is 23.2 Å². The number of halogens is 2. The Balaban J connectivity index is 1.64. The second kappa shape index (κ2) is 8.07. The number of hydrogen-bond acceptors (Lipinski definition) is 3. The van der Waals surface area contributed by atoms with Crippen LogP contribution in [0.4, 0.5) is 5.82 Å². The summed E-state index contributed by atoms with van der Waals surface area (Å²) in [5.74, 6) is 1.63. The summed E-state index contributed by atoms with van der Waals surface area (Å²) in [5.41, 5.74) is 2.03. The van der Waals surface area contributed by atoms with Crippen molar-refractivity contribution in [2.24, 2.45) is 5.92 Å². The van der Waals surface area contributed by atoms with E-state index in [0.29, 0.717) is 16.0 Å². The Hall–Kier alpha value is -1.78. The van der Waals surface area contributed by atoms with Gasteiger partial charge in [-0.15, -0.1) is 0 Å². The molecule has 0 aromatic carbocycles. The highest BCUT2D eigenvalue weighted by atomic mass is 35.5. The molecule has 1 saturated heterocycles. The molecular formula is C19H22Cl2N4. The minimum atomic E-state index is 0.457. The molecule has 25 heavy (non-hydrogen) atoms. The molecule has 132 valence electrons. The molecule has 1 fully saturated rings. The van der Waals surface area contributed by atoms with Gasteiger partial charge in [-0.2, -0.15) is 0 Å². The van der Waals surface area contributed by atoms with Crippen molar-refractivity contribution in [1.29, 1.82) is 0 Å². The van der Waals surface area contributed by atoms with Crippen molar-refractivity contribution in [2.45, 2.75) is 26.2 Å². The number of hydrogen-bond donors (Lipinski definition) is 1. The fraction of sp³-hybridized carbons (Fsp3) is 0.368. The standard InChI is InChI=1S/C19H22Cl2N4/c1-3-15(17(21)10-13(2)20)11-14-5-8-25(9-6-14)19-16-4-7-22-18(16)23-12-24-19/h3-4,7,10,12,14H,2,5-6,8-9,11H2,1H3,(H,22,23,24)/b15-3-,17-10+. The lowest BCUT2D eigenvalue weighted by Gasteiger charge is -2.33. The third-order valence-electron chi connectivity index (χ3n) is 4.69. The maximum Gasteiger partial charge on any atom is 0.142 e. The molecule has 3 rings (SSSR count). The van der Waals surface area contributed by atoms with E-state index >= 15 is 0 Å². The van der Waals surface area contributed by atoms with Crippen molar-refractivity contribution in [3.05, 3.63) is 53.0 Å². The topological polar surface area (TPSA) is 44.8 Å². The summed E-state index contributed by atoms with van der Waals surface area (Å²) in [7, 11) is 0. The molecule has 2 aromatic heterocycles. The Morgan fingerprint density at radius 1 is 1.36 bits per heavy atom. The number of allylic oxidation sites excluding steroid dienone is 5. The van der Waals surface area contributed by atoms with Crippen LogP contribution in [-0.2, 0) is 0 Å². The maximum absolute atomic E-state index is 6.36. The zero-order valence-corrected chi connectivity index (χ0v) is 15.8. The van der Waals surface area contributed by atoms with Gasteiger partial charge in [-0.25, -0.2) is 9.97 Å². The SMILES string of the molecule is C=C(Cl)/C=C(Cl)\C(=C/C)CC1CCN(c2ncnc3[nH]ccc23)CC1. The second-order valence-corrected chi connectivity index (χ2v) is 7.22. The van der Waals surface area contributed by atoms with Crippen LogP contribution in [-0.4, -0.2) is 28.0 Å². The number of aromatic amines is 1. The zero-order valence-electron chi connectivity index (χ0n) is 14.3. The van der Waals surface area contributed by atoms with Crippen molar-refractivity contribution in [3.63, 3.8) is 0 Å². The van der Waals surface area contributed by atoms with Gasteiger partial charge in [0.15, 0.2) is 0 Å². The van der Waals surface area contributed by atoms with Gasteiger partial charge in [0, 0.05) is 29.4 Å². The first-order valence-electron chi connectivity index (χ1n) is 8.48. The van der Waals surface area contributed by atoms with Crippen LogP contribution in [0.1, 0.15) is 26.2 Å². The Kier molecular flexibility index (Phi) is 5.82. The molecule has 0 radical (unpaired) electrons. The van der Waals surface area contributed by atoms with Crippen molar-refractivity contribution >= 4 is 40.1 Å². The van der Waals surface area contributed by atoms with Gasteiger partial charge in [0.05, 0.1) is 5.39 Å². The molecule has 0 saturated carbocycles. The summed E-state index contributed by atoms with van der Waals surface area (Å²) in [4.78, 5) is 14.3. The number of rotatable bonds is 5. The highest BCUT2D eigenvalue weighted by Crippen LogP contribution is 2.32. The fourth-order valence-electron chi connectivity index (χ4n) is 3.35. The third kappa shape index (κ3) is 4.25. The highest BCUT2D eigenvalue weighted by Gasteiger charge is 2.23. The largest absolute Gasteiger partial charge is 0.356 e. The number of anilines is 1. The molecule has 2 aromatic rings. The predicted octanol–water partition coefficient (Wildman–Crippen LogP) is 5.39. The van der Waals surface area contributed by atoms with E-state index in [9.17, 15) is 0 Å². The lowest BCUT2D eigenvalue weighted by molar-refractivity contribution is 0.403. The third-order valence-corrected chi connectivity index (χ3v) is 5.16. The Bertz CT molecular complexity index is 814. The normalized spacial score (nSPS) is 17.3. The van der Waals surface area contributed by atoms with Crippen molar-refractivity contribution in [1.82, 2.24) is 15.0 Å². The van der Waals surface area contributed by atoms with Gasteiger partial charge in [-0.3, -0.25) is 0 Å². The minimum Gasteiger partial charge on any atom is -0.356 e.